The van der Waals surface area contributed by atoms with Crippen molar-refractivity contribution in [3.05, 3.63) is 77.9 Å². The lowest BCUT2D eigenvalue weighted by Crippen LogP contribution is -2.40. The third-order valence-electron chi connectivity index (χ3n) is 4.83. The number of amides is 2. The lowest BCUT2D eigenvalue weighted by molar-refractivity contribution is -0.132. The first-order valence-corrected chi connectivity index (χ1v) is 10.2. The summed E-state index contributed by atoms with van der Waals surface area (Å²) in [6.07, 6.45) is 0. The smallest absolute Gasteiger partial charge is 0.240 e. The summed E-state index contributed by atoms with van der Waals surface area (Å²) in [6.45, 7) is 0.0146. The van der Waals surface area contributed by atoms with E-state index in [1.807, 2.05) is 60.7 Å². The maximum atomic E-state index is 12.8. The Morgan fingerprint density at radius 3 is 2.57 bits per heavy atom. The zero-order chi connectivity index (χ0) is 19.5. The topological polar surface area (TPSA) is 69.6 Å². The van der Waals surface area contributed by atoms with Gasteiger partial charge < -0.3 is 15.3 Å². The molecule has 5 nitrogen and oxygen atoms in total. The van der Waals surface area contributed by atoms with Crippen LogP contribution in [0.3, 0.4) is 0 Å². The average Bonchev–Trinajstić information content (AvgIpc) is 3.11. The van der Waals surface area contributed by atoms with Crippen molar-refractivity contribution in [2.24, 2.45) is 0 Å². The van der Waals surface area contributed by atoms with Crippen LogP contribution in [-0.4, -0.2) is 40.0 Å². The van der Waals surface area contributed by atoms with E-state index in [1.54, 1.807) is 11.0 Å². The van der Waals surface area contributed by atoms with Crippen molar-refractivity contribution in [2.75, 3.05) is 18.2 Å². The predicted molar refractivity (Wildman–Crippen MR) is 111 cm³/mol. The Kier molecular flexibility index (Phi) is 5.21. The van der Waals surface area contributed by atoms with E-state index < -0.39 is 6.04 Å². The second-order valence-corrected chi connectivity index (χ2v) is 7.66. The van der Waals surface area contributed by atoms with Gasteiger partial charge in [0.15, 0.2) is 0 Å². The standard InChI is InChI=1S/C22H20N2O3S/c25-18-11-10-15-6-4-5-9-17(15)21(18)22(16-7-2-1-3-8-16)23-19(26)12-24-14-28-13-20(24)27/h1-11,22,25H,12-14H2,(H,23,26)/t22-/m1/s1. The van der Waals surface area contributed by atoms with Gasteiger partial charge in [0.2, 0.25) is 11.8 Å². The van der Waals surface area contributed by atoms with Crippen LogP contribution in [-0.2, 0) is 9.59 Å². The van der Waals surface area contributed by atoms with Gasteiger partial charge in [0.05, 0.1) is 17.7 Å². The number of carbonyl (C=O) groups is 2. The molecule has 0 unspecified atom stereocenters. The summed E-state index contributed by atoms with van der Waals surface area (Å²) in [6, 6.07) is 20.3. The van der Waals surface area contributed by atoms with E-state index in [9.17, 15) is 14.7 Å². The van der Waals surface area contributed by atoms with E-state index in [1.165, 1.54) is 11.8 Å². The van der Waals surface area contributed by atoms with Gasteiger partial charge in [-0.15, -0.1) is 11.8 Å². The first kappa shape index (κ1) is 18.4. The summed E-state index contributed by atoms with van der Waals surface area (Å²) in [5.41, 5.74) is 1.52. The number of fused-ring (bicyclic) bond motifs is 1. The molecule has 1 saturated heterocycles. The Labute approximate surface area is 167 Å². The van der Waals surface area contributed by atoms with Crippen LogP contribution in [0.5, 0.6) is 5.75 Å². The van der Waals surface area contributed by atoms with Crippen LogP contribution in [0.25, 0.3) is 10.8 Å². The predicted octanol–water partition coefficient (Wildman–Crippen LogP) is 3.28. The Hall–Kier alpha value is -2.99. The minimum atomic E-state index is -0.523. The number of hydrogen-bond donors (Lipinski definition) is 2. The molecule has 1 aliphatic rings. The van der Waals surface area contributed by atoms with Gasteiger partial charge in [-0.3, -0.25) is 9.59 Å². The molecule has 3 aromatic rings. The van der Waals surface area contributed by atoms with E-state index in [2.05, 4.69) is 5.32 Å². The molecule has 4 rings (SSSR count). The quantitative estimate of drug-likeness (QED) is 0.699. The van der Waals surface area contributed by atoms with Gasteiger partial charge in [-0.1, -0.05) is 60.7 Å². The molecule has 142 valence electrons. The van der Waals surface area contributed by atoms with Crippen LogP contribution >= 0.6 is 11.8 Å². The number of rotatable bonds is 5. The number of phenols is 1. The van der Waals surface area contributed by atoms with Gasteiger partial charge in [0.25, 0.3) is 0 Å². The SMILES string of the molecule is O=C(CN1CSCC1=O)N[C@H](c1ccccc1)c1c(O)ccc2ccccc12. The lowest BCUT2D eigenvalue weighted by atomic mass is 9.92. The van der Waals surface area contributed by atoms with Crippen molar-refractivity contribution in [1.82, 2.24) is 10.2 Å². The van der Waals surface area contributed by atoms with E-state index >= 15 is 0 Å². The van der Waals surface area contributed by atoms with Crippen molar-refractivity contribution in [3.63, 3.8) is 0 Å². The van der Waals surface area contributed by atoms with Crippen LogP contribution in [0.1, 0.15) is 17.2 Å². The maximum absolute atomic E-state index is 12.8. The summed E-state index contributed by atoms with van der Waals surface area (Å²) in [7, 11) is 0. The molecule has 0 aliphatic carbocycles. The van der Waals surface area contributed by atoms with Crippen LogP contribution < -0.4 is 5.32 Å². The zero-order valence-electron chi connectivity index (χ0n) is 15.2. The Morgan fingerprint density at radius 1 is 1.07 bits per heavy atom. The number of hydrogen-bond acceptors (Lipinski definition) is 4. The number of aromatic hydroxyl groups is 1. The summed E-state index contributed by atoms with van der Waals surface area (Å²) in [4.78, 5) is 26.1. The van der Waals surface area contributed by atoms with Crippen molar-refractivity contribution in [3.8, 4) is 5.75 Å². The second kappa shape index (κ2) is 7.94. The fraction of sp³-hybridized carbons (Fsp3) is 0.182. The van der Waals surface area contributed by atoms with Gasteiger partial charge in [-0.2, -0.15) is 0 Å². The second-order valence-electron chi connectivity index (χ2n) is 6.70. The fourth-order valence-electron chi connectivity index (χ4n) is 3.48. The summed E-state index contributed by atoms with van der Waals surface area (Å²) >= 11 is 1.50. The van der Waals surface area contributed by atoms with Crippen molar-refractivity contribution in [1.29, 1.82) is 0 Å². The van der Waals surface area contributed by atoms with Gasteiger partial charge in [0.1, 0.15) is 12.3 Å². The number of carbonyl (C=O) groups excluding carboxylic acids is 2. The highest BCUT2D eigenvalue weighted by Gasteiger charge is 2.26. The molecule has 0 spiro atoms. The molecule has 0 saturated carbocycles. The van der Waals surface area contributed by atoms with Gasteiger partial charge >= 0.3 is 0 Å². The summed E-state index contributed by atoms with van der Waals surface area (Å²) < 4.78 is 0. The fourth-order valence-corrected chi connectivity index (χ4v) is 4.38. The first-order valence-electron chi connectivity index (χ1n) is 9.04. The van der Waals surface area contributed by atoms with Gasteiger partial charge in [-0.25, -0.2) is 0 Å². The normalized spacial score (nSPS) is 15.0. The largest absolute Gasteiger partial charge is 0.508 e. The van der Waals surface area contributed by atoms with Crippen LogP contribution in [0.2, 0.25) is 0 Å². The lowest BCUT2D eigenvalue weighted by Gasteiger charge is -2.24. The highest BCUT2D eigenvalue weighted by molar-refractivity contribution is 8.00. The van der Waals surface area contributed by atoms with Gasteiger partial charge in [-0.05, 0) is 22.4 Å². The molecular formula is C22H20N2O3S. The molecule has 1 fully saturated rings. The van der Waals surface area contributed by atoms with Gasteiger partial charge in [0, 0.05) is 5.56 Å². The number of thioether (sulfide) groups is 1. The molecule has 3 aromatic carbocycles. The molecule has 2 N–H and O–H groups in total. The van der Waals surface area contributed by atoms with E-state index in [4.69, 9.17) is 0 Å². The molecule has 0 bridgehead atoms. The number of nitrogens with one attached hydrogen (secondary N) is 1. The average molecular weight is 392 g/mol. The van der Waals surface area contributed by atoms with Crippen molar-refractivity contribution >= 4 is 34.3 Å². The third-order valence-corrected chi connectivity index (χ3v) is 5.78. The highest BCUT2D eigenvalue weighted by Crippen LogP contribution is 2.35. The van der Waals surface area contributed by atoms with E-state index in [0.717, 1.165) is 16.3 Å². The summed E-state index contributed by atoms with van der Waals surface area (Å²) in [5, 5.41) is 15.6. The Morgan fingerprint density at radius 2 is 1.82 bits per heavy atom. The molecule has 2 amide bonds. The highest BCUT2D eigenvalue weighted by atomic mass is 32.2. The molecule has 1 atom stereocenters. The molecule has 28 heavy (non-hydrogen) atoms. The van der Waals surface area contributed by atoms with Crippen LogP contribution in [0.4, 0.5) is 0 Å². The molecule has 1 heterocycles. The molecule has 1 aliphatic heterocycles. The van der Waals surface area contributed by atoms with Crippen molar-refractivity contribution < 1.29 is 14.7 Å². The number of nitrogens with zero attached hydrogens (tertiary/aromatic N) is 1. The molecule has 0 aromatic heterocycles. The third kappa shape index (κ3) is 3.68. The molecular weight excluding hydrogens is 372 g/mol. The maximum Gasteiger partial charge on any atom is 0.240 e. The van der Waals surface area contributed by atoms with E-state index in [-0.39, 0.29) is 24.1 Å². The Balaban J connectivity index is 1.72. The Bertz CT molecular complexity index is 1020. The minimum absolute atomic E-state index is 0.0146. The van der Waals surface area contributed by atoms with Crippen LogP contribution in [0.15, 0.2) is 66.7 Å². The summed E-state index contributed by atoms with van der Waals surface area (Å²) in [5.74, 6) is 0.795. The zero-order valence-corrected chi connectivity index (χ0v) is 16.0. The number of phenolic OH excluding ortho intramolecular Hbond substituents is 1. The molecule has 0 radical (unpaired) electrons. The van der Waals surface area contributed by atoms with Crippen LogP contribution in [0, 0.1) is 0 Å². The number of benzene rings is 3. The monoisotopic (exact) mass is 392 g/mol. The van der Waals surface area contributed by atoms with E-state index in [0.29, 0.717) is 17.2 Å². The minimum Gasteiger partial charge on any atom is -0.508 e. The molecule has 6 heteroatoms. The van der Waals surface area contributed by atoms with Crippen molar-refractivity contribution in [2.45, 2.75) is 6.04 Å². The first-order chi connectivity index (χ1) is 13.6.